The van der Waals surface area contributed by atoms with Crippen molar-refractivity contribution in [1.82, 2.24) is 4.57 Å². The second kappa shape index (κ2) is 10.3. The zero-order chi connectivity index (χ0) is 32.7. The maximum absolute atomic E-state index is 5.72. The molecule has 2 aliphatic rings. The number of benzene rings is 7. The first-order valence-electron chi connectivity index (χ1n) is 17.2. The Balaban J connectivity index is 1.30. The van der Waals surface area contributed by atoms with Crippen LogP contribution in [-0.2, 0) is 10.8 Å². The van der Waals surface area contributed by atoms with Gasteiger partial charge in [0.05, 0.1) is 27.8 Å². The Morgan fingerprint density at radius 3 is 1.84 bits per heavy atom. The van der Waals surface area contributed by atoms with Crippen molar-refractivity contribution >= 4 is 33.2 Å². The average molecular weight is 627 g/mol. The summed E-state index contributed by atoms with van der Waals surface area (Å²) < 4.78 is 2.45. The molecule has 0 spiro atoms. The van der Waals surface area contributed by atoms with E-state index in [0.717, 1.165) is 17.0 Å². The van der Waals surface area contributed by atoms with Crippen LogP contribution in [0.4, 0.5) is 5.69 Å². The fourth-order valence-electron chi connectivity index (χ4n) is 8.90. The maximum atomic E-state index is 5.72. The molecule has 2 heterocycles. The Labute approximate surface area is 286 Å². The standard InChI is InChI=1S/C47H34N2/c1-46(2)38-24-14-12-22-35(38)36-27-26-34(30-40(36)46)49-41-25-15-13-23-37(41)43-42(49)29-28-39-44(43)48-45(31-16-6-3-7-17-31)47(39,32-18-8-4-9-19-32)33-20-10-5-11-21-33/h3-30H,1-2H3. The van der Waals surface area contributed by atoms with Crippen molar-refractivity contribution in [3.05, 3.63) is 203 Å². The predicted molar refractivity (Wildman–Crippen MR) is 204 cm³/mol. The van der Waals surface area contributed by atoms with Crippen LogP contribution in [0.15, 0.2) is 175 Å². The van der Waals surface area contributed by atoms with Crippen molar-refractivity contribution in [2.24, 2.45) is 4.99 Å². The fourth-order valence-corrected chi connectivity index (χ4v) is 8.90. The molecule has 0 radical (unpaired) electrons. The summed E-state index contributed by atoms with van der Waals surface area (Å²) in [5.74, 6) is 0. The molecule has 8 aromatic rings. The molecule has 1 aliphatic heterocycles. The molecule has 49 heavy (non-hydrogen) atoms. The van der Waals surface area contributed by atoms with Crippen molar-refractivity contribution < 1.29 is 0 Å². The van der Waals surface area contributed by atoms with Crippen molar-refractivity contribution in [1.29, 1.82) is 0 Å². The molecular formula is C47H34N2. The van der Waals surface area contributed by atoms with Gasteiger partial charge in [-0.15, -0.1) is 0 Å². The van der Waals surface area contributed by atoms with E-state index in [1.807, 2.05) is 0 Å². The lowest BCUT2D eigenvalue weighted by Gasteiger charge is -2.34. The molecular weight excluding hydrogens is 593 g/mol. The molecule has 0 saturated carbocycles. The first-order chi connectivity index (χ1) is 24.1. The second-order valence-electron chi connectivity index (χ2n) is 13.9. The molecule has 0 N–H and O–H groups in total. The highest BCUT2D eigenvalue weighted by Crippen LogP contribution is 2.55. The van der Waals surface area contributed by atoms with Crippen LogP contribution in [0.3, 0.4) is 0 Å². The number of rotatable bonds is 4. The molecule has 2 nitrogen and oxygen atoms in total. The van der Waals surface area contributed by atoms with Crippen molar-refractivity contribution in [2.75, 3.05) is 0 Å². The number of hydrogen-bond acceptors (Lipinski definition) is 1. The highest BCUT2D eigenvalue weighted by Gasteiger charge is 2.48. The summed E-state index contributed by atoms with van der Waals surface area (Å²) >= 11 is 0. The molecule has 0 bridgehead atoms. The van der Waals surface area contributed by atoms with E-state index >= 15 is 0 Å². The van der Waals surface area contributed by atoms with Crippen molar-refractivity contribution in [3.8, 4) is 16.8 Å². The van der Waals surface area contributed by atoms with Gasteiger partial charge in [-0.05, 0) is 68.8 Å². The summed E-state index contributed by atoms with van der Waals surface area (Å²) in [7, 11) is 0. The SMILES string of the molecule is CC1(C)c2ccccc2-c2ccc(-n3c4ccccc4c4c5c(ccc43)C(c3ccccc3)(c3ccccc3)C(c3ccccc3)=N5)cc21. The van der Waals surface area contributed by atoms with Crippen LogP contribution in [0.25, 0.3) is 38.6 Å². The second-order valence-corrected chi connectivity index (χ2v) is 13.9. The van der Waals surface area contributed by atoms with Crippen LogP contribution in [0.2, 0.25) is 0 Å². The minimum Gasteiger partial charge on any atom is -0.309 e. The molecule has 0 fully saturated rings. The minimum atomic E-state index is -0.583. The van der Waals surface area contributed by atoms with E-state index in [1.165, 1.54) is 66.4 Å². The number of para-hydroxylation sites is 1. The van der Waals surface area contributed by atoms with Gasteiger partial charge < -0.3 is 4.57 Å². The van der Waals surface area contributed by atoms with Crippen LogP contribution < -0.4 is 0 Å². The predicted octanol–water partition coefficient (Wildman–Crippen LogP) is 11.6. The van der Waals surface area contributed by atoms with E-state index < -0.39 is 5.41 Å². The van der Waals surface area contributed by atoms with E-state index in [9.17, 15) is 0 Å². The van der Waals surface area contributed by atoms with Gasteiger partial charge in [0.2, 0.25) is 0 Å². The van der Waals surface area contributed by atoms with Crippen LogP contribution in [-0.4, -0.2) is 10.3 Å². The summed E-state index contributed by atoms with van der Waals surface area (Å²) in [5, 5.41) is 2.41. The van der Waals surface area contributed by atoms with Gasteiger partial charge >= 0.3 is 0 Å². The largest absolute Gasteiger partial charge is 0.309 e. The molecule has 0 atom stereocenters. The summed E-state index contributed by atoms with van der Waals surface area (Å²) in [6.07, 6.45) is 0. The summed E-state index contributed by atoms with van der Waals surface area (Å²) in [4.78, 5) is 5.72. The van der Waals surface area contributed by atoms with Crippen LogP contribution in [0, 0.1) is 0 Å². The van der Waals surface area contributed by atoms with E-state index in [2.05, 4.69) is 188 Å². The van der Waals surface area contributed by atoms with Gasteiger partial charge in [-0.2, -0.15) is 0 Å². The molecule has 10 rings (SSSR count). The van der Waals surface area contributed by atoms with Gasteiger partial charge in [0.1, 0.15) is 0 Å². The van der Waals surface area contributed by atoms with Gasteiger partial charge in [-0.3, -0.25) is 4.99 Å². The quantitative estimate of drug-likeness (QED) is 0.185. The lowest BCUT2D eigenvalue weighted by molar-refractivity contribution is 0.660. The first-order valence-corrected chi connectivity index (χ1v) is 17.2. The van der Waals surface area contributed by atoms with Gasteiger partial charge in [-0.1, -0.05) is 159 Å². The number of fused-ring (bicyclic) bond motifs is 8. The third-order valence-electron chi connectivity index (χ3n) is 11.1. The third kappa shape index (κ3) is 3.74. The first kappa shape index (κ1) is 28.1. The maximum Gasteiger partial charge on any atom is 0.0901 e. The Morgan fingerprint density at radius 1 is 0.490 bits per heavy atom. The lowest BCUT2D eigenvalue weighted by atomic mass is 9.65. The zero-order valence-electron chi connectivity index (χ0n) is 27.6. The number of nitrogens with zero attached hydrogens (tertiary/aromatic N) is 2. The summed E-state index contributed by atoms with van der Waals surface area (Å²) in [6.45, 7) is 4.71. The van der Waals surface area contributed by atoms with Crippen molar-refractivity contribution in [3.63, 3.8) is 0 Å². The number of hydrogen-bond donors (Lipinski definition) is 0. The van der Waals surface area contributed by atoms with Crippen LogP contribution in [0.5, 0.6) is 0 Å². The average Bonchev–Trinajstić information content (AvgIpc) is 3.77. The highest BCUT2D eigenvalue weighted by atomic mass is 15.0. The molecule has 1 aromatic heterocycles. The molecule has 7 aromatic carbocycles. The van der Waals surface area contributed by atoms with E-state index in [0.29, 0.717) is 0 Å². The van der Waals surface area contributed by atoms with Gasteiger partial charge in [0.25, 0.3) is 0 Å². The fraction of sp³-hybridized carbons (Fsp3) is 0.0851. The third-order valence-corrected chi connectivity index (χ3v) is 11.1. The topological polar surface area (TPSA) is 17.3 Å². The van der Waals surface area contributed by atoms with Crippen LogP contribution in [0.1, 0.15) is 47.2 Å². The summed E-state index contributed by atoms with van der Waals surface area (Å²) in [5.41, 5.74) is 15.2. The van der Waals surface area contributed by atoms with Gasteiger partial charge in [0.15, 0.2) is 0 Å². The van der Waals surface area contributed by atoms with Crippen molar-refractivity contribution in [2.45, 2.75) is 24.7 Å². The number of aliphatic imine (C=N–C) groups is 1. The minimum absolute atomic E-state index is 0.0816. The Hall–Kier alpha value is -5.99. The van der Waals surface area contributed by atoms with E-state index in [4.69, 9.17) is 4.99 Å². The van der Waals surface area contributed by atoms with Crippen LogP contribution >= 0.6 is 0 Å². The normalized spacial score (nSPS) is 15.2. The Bertz CT molecular complexity index is 2570. The van der Waals surface area contributed by atoms with Gasteiger partial charge in [0, 0.05) is 21.9 Å². The van der Waals surface area contributed by atoms with E-state index in [1.54, 1.807) is 0 Å². The highest BCUT2D eigenvalue weighted by molar-refractivity contribution is 6.23. The molecule has 232 valence electrons. The zero-order valence-corrected chi connectivity index (χ0v) is 27.6. The smallest absolute Gasteiger partial charge is 0.0901 e. The summed E-state index contributed by atoms with van der Waals surface area (Å²) in [6, 6.07) is 62.0. The Kier molecular flexibility index (Phi) is 5.87. The number of aromatic nitrogens is 1. The Morgan fingerprint density at radius 2 is 1.10 bits per heavy atom. The monoisotopic (exact) mass is 626 g/mol. The molecule has 2 heteroatoms. The lowest BCUT2D eigenvalue weighted by Crippen LogP contribution is -2.36. The molecule has 0 amide bonds. The molecule has 0 saturated heterocycles. The van der Waals surface area contributed by atoms with Gasteiger partial charge in [-0.25, -0.2) is 0 Å². The van der Waals surface area contributed by atoms with E-state index in [-0.39, 0.29) is 5.41 Å². The molecule has 1 aliphatic carbocycles. The molecule has 0 unspecified atom stereocenters.